The molecule has 0 aromatic heterocycles. The van der Waals surface area contributed by atoms with Crippen LogP contribution in [0.2, 0.25) is 0 Å². The molecule has 3 unspecified atom stereocenters. The first-order valence-electron chi connectivity index (χ1n) is 7.36. The van der Waals surface area contributed by atoms with Gasteiger partial charge in [0.25, 0.3) is 0 Å². The third-order valence-electron chi connectivity index (χ3n) is 4.80. The first-order valence-corrected chi connectivity index (χ1v) is 8.77. The van der Waals surface area contributed by atoms with Gasteiger partial charge in [-0.15, -0.1) is 0 Å². The lowest BCUT2D eigenvalue weighted by Gasteiger charge is -2.51. The molecule has 0 radical (unpaired) electrons. The van der Waals surface area contributed by atoms with Gasteiger partial charge in [-0.3, -0.25) is 4.79 Å². The molecule has 1 fully saturated rings. The molecular formula is C16H19NO4S. The zero-order valence-electron chi connectivity index (χ0n) is 12.1. The van der Waals surface area contributed by atoms with E-state index in [1.807, 2.05) is 0 Å². The first-order chi connectivity index (χ1) is 10.5. The summed E-state index contributed by atoms with van der Waals surface area (Å²) in [6.45, 7) is 0.360. The lowest BCUT2D eigenvalue weighted by Crippen LogP contribution is -2.51. The lowest BCUT2D eigenvalue weighted by atomic mass is 9.53. The van der Waals surface area contributed by atoms with Crippen molar-refractivity contribution in [2.45, 2.75) is 24.2 Å². The largest absolute Gasteiger partial charge is 0.342 e. The Balaban J connectivity index is 1.69. The lowest BCUT2D eigenvalue weighted by molar-refractivity contribution is -0.141. The summed E-state index contributed by atoms with van der Waals surface area (Å²) in [6, 6.07) is 7.68. The summed E-state index contributed by atoms with van der Waals surface area (Å²) in [5, 5.41) is 0. The first kappa shape index (κ1) is 15.2. The number of nitrogens with two attached hydrogens (primary N) is 1. The van der Waals surface area contributed by atoms with Gasteiger partial charge < -0.3 is 9.92 Å². The van der Waals surface area contributed by atoms with E-state index in [-0.39, 0.29) is 22.6 Å². The van der Waals surface area contributed by atoms with Crippen molar-refractivity contribution < 1.29 is 17.4 Å². The average Bonchev–Trinajstić information content (AvgIpc) is 2.88. The Morgan fingerprint density at radius 1 is 1.32 bits per heavy atom. The summed E-state index contributed by atoms with van der Waals surface area (Å²) in [7, 11) is -4.05. The molecule has 1 aromatic rings. The second-order valence-corrected chi connectivity index (χ2v) is 7.67. The maximum Gasteiger partial charge on any atom is 0.341 e. The highest BCUT2D eigenvalue weighted by Gasteiger charge is 2.54. The molecule has 2 aliphatic carbocycles. The molecule has 5 nitrogen and oxygen atoms in total. The molecule has 2 N–H and O–H groups in total. The van der Waals surface area contributed by atoms with Crippen molar-refractivity contribution in [3.05, 3.63) is 42.5 Å². The predicted octanol–water partition coefficient (Wildman–Crippen LogP) is 1.85. The fourth-order valence-electron chi connectivity index (χ4n) is 3.67. The van der Waals surface area contributed by atoms with Gasteiger partial charge in [-0.25, -0.2) is 0 Å². The Morgan fingerprint density at radius 2 is 2.05 bits per heavy atom. The van der Waals surface area contributed by atoms with Gasteiger partial charge in [-0.1, -0.05) is 30.4 Å². The highest BCUT2D eigenvalue weighted by Crippen LogP contribution is 2.57. The maximum absolute atomic E-state index is 12.1. The molecule has 2 aliphatic rings. The molecule has 0 bridgehead atoms. The number of rotatable bonds is 5. The van der Waals surface area contributed by atoms with Gasteiger partial charge in [0, 0.05) is 0 Å². The number of carbonyl (C=O) groups is 1. The van der Waals surface area contributed by atoms with E-state index in [4.69, 9.17) is 9.92 Å². The van der Waals surface area contributed by atoms with Crippen LogP contribution in [0, 0.1) is 17.3 Å². The summed E-state index contributed by atoms with van der Waals surface area (Å²) in [5.74, 6) is 0.0830. The van der Waals surface area contributed by atoms with E-state index in [9.17, 15) is 13.2 Å². The fourth-order valence-corrected chi connectivity index (χ4v) is 4.56. The van der Waals surface area contributed by atoms with E-state index in [2.05, 4.69) is 12.2 Å². The summed E-state index contributed by atoms with van der Waals surface area (Å²) in [4.78, 5) is 12.1. The average molecular weight is 321 g/mol. The van der Waals surface area contributed by atoms with E-state index in [1.165, 1.54) is 12.1 Å². The second kappa shape index (κ2) is 5.52. The molecule has 0 saturated heterocycles. The molecule has 6 heteroatoms. The Bertz CT molecular complexity index is 698. The monoisotopic (exact) mass is 321 g/mol. The van der Waals surface area contributed by atoms with Gasteiger partial charge in [-0.2, -0.15) is 8.42 Å². The number of hydrogen-bond acceptors (Lipinski definition) is 5. The Labute approximate surface area is 130 Å². The van der Waals surface area contributed by atoms with Crippen LogP contribution in [0.5, 0.6) is 0 Å². The molecule has 1 saturated carbocycles. The van der Waals surface area contributed by atoms with Gasteiger partial charge >= 0.3 is 16.1 Å². The van der Waals surface area contributed by atoms with Crippen molar-refractivity contribution in [1.82, 2.24) is 0 Å². The maximum atomic E-state index is 12.1. The van der Waals surface area contributed by atoms with Crippen LogP contribution in [0.4, 0.5) is 0 Å². The number of allylic oxidation sites excluding steroid dienone is 2. The molecule has 3 atom stereocenters. The highest BCUT2D eigenvalue weighted by atomic mass is 32.2. The molecule has 0 aliphatic heterocycles. The molecule has 0 amide bonds. The van der Waals surface area contributed by atoms with Gasteiger partial charge in [0.1, 0.15) is 4.90 Å². The quantitative estimate of drug-likeness (QED) is 0.660. The summed E-state index contributed by atoms with van der Waals surface area (Å²) in [5.41, 5.74) is 5.51. The van der Waals surface area contributed by atoms with Crippen LogP contribution < -0.4 is 5.73 Å². The number of carbonyl (C=O) groups excluding carboxylic acids is 1. The van der Waals surface area contributed by atoms with Gasteiger partial charge in [-0.05, 0) is 48.8 Å². The molecule has 1 aromatic carbocycles. The van der Waals surface area contributed by atoms with Crippen molar-refractivity contribution in [3.8, 4) is 0 Å². The number of benzene rings is 1. The van der Waals surface area contributed by atoms with E-state index in [0.717, 1.165) is 12.8 Å². The minimum absolute atomic E-state index is 0.0163. The van der Waals surface area contributed by atoms with E-state index >= 15 is 0 Å². The van der Waals surface area contributed by atoms with Crippen LogP contribution in [0.25, 0.3) is 0 Å². The molecule has 22 heavy (non-hydrogen) atoms. The van der Waals surface area contributed by atoms with Crippen LogP contribution in [-0.4, -0.2) is 20.9 Å². The third-order valence-corrected chi connectivity index (χ3v) is 6.06. The van der Waals surface area contributed by atoms with Gasteiger partial charge in [0.15, 0.2) is 0 Å². The number of hydrogen-bond donors (Lipinski definition) is 1. The minimum atomic E-state index is -4.05. The molecule has 3 rings (SSSR count). The third kappa shape index (κ3) is 2.57. The van der Waals surface area contributed by atoms with Crippen LogP contribution in [0.1, 0.15) is 19.3 Å². The van der Waals surface area contributed by atoms with Crippen molar-refractivity contribution in [2.24, 2.45) is 23.0 Å². The van der Waals surface area contributed by atoms with Crippen molar-refractivity contribution in [2.75, 3.05) is 6.54 Å². The highest BCUT2D eigenvalue weighted by molar-refractivity contribution is 7.87. The van der Waals surface area contributed by atoms with Crippen molar-refractivity contribution in [3.63, 3.8) is 0 Å². The number of fused-ring (bicyclic) bond motifs is 1. The standard InChI is InChI=1S/C16H19NO4S/c17-11-16(9-12-5-4-8-14(12)16)10-15(18)21-22(19,20)13-6-2-1-3-7-13/h1-4,6-8,12,14H,5,9-11,17H2. The van der Waals surface area contributed by atoms with Gasteiger partial charge in [0.2, 0.25) is 0 Å². The van der Waals surface area contributed by atoms with Crippen molar-refractivity contribution in [1.29, 1.82) is 0 Å². The van der Waals surface area contributed by atoms with Crippen molar-refractivity contribution >= 4 is 16.1 Å². The Kier molecular flexibility index (Phi) is 3.82. The van der Waals surface area contributed by atoms with E-state index < -0.39 is 16.1 Å². The Morgan fingerprint density at radius 3 is 2.68 bits per heavy atom. The summed E-state index contributed by atoms with van der Waals surface area (Å²) in [6.07, 6.45) is 6.12. The summed E-state index contributed by atoms with van der Waals surface area (Å²) < 4.78 is 28.9. The predicted molar refractivity (Wildman–Crippen MR) is 81.2 cm³/mol. The zero-order chi connectivity index (χ0) is 15.8. The summed E-state index contributed by atoms with van der Waals surface area (Å²) >= 11 is 0. The molecular weight excluding hydrogens is 302 g/mol. The topological polar surface area (TPSA) is 86.5 Å². The van der Waals surface area contributed by atoms with E-state index in [0.29, 0.717) is 12.5 Å². The Hall–Kier alpha value is -1.66. The molecule has 0 spiro atoms. The fraction of sp³-hybridized carbons (Fsp3) is 0.438. The van der Waals surface area contributed by atoms with Crippen LogP contribution in [0.3, 0.4) is 0 Å². The van der Waals surface area contributed by atoms with Crippen LogP contribution in [-0.2, 0) is 19.1 Å². The minimum Gasteiger partial charge on any atom is -0.342 e. The van der Waals surface area contributed by atoms with Crippen LogP contribution in [0.15, 0.2) is 47.4 Å². The zero-order valence-corrected chi connectivity index (χ0v) is 13.0. The SMILES string of the molecule is NCC1(CC(=O)OS(=O)(=O)c2ccccc2)CC2CC=CC21. The van der Waals surface area contributed by atoms with E-state index in [1.54, 1.807) is 18.2 Å². The smallest absolute Gasteiger partial charge is 0.341 e. The second-order valence-electron chi connectivity index (χ2n) is 6.12. The normalized spacial score (nSPS) is 29.7. The van der Waals surface area contributed by atoms with Crippen LogP contribution >= 0.6 is 0 Å². The molecule has 0 heterocycles. The molecule has 118 valence electrons. The van der Waals surface area contributed by atoms with Gasteiger partial charge in [0.05, 0.1) is 6.42 Å².